The summed E-state index contributed by atoms with van der Waals surface area (Å²) in [5.74, 6) is 0.998. The van der Waals surface area contributed by atoms with Gasteiger partial charge in [0.05, 0.1) is 5.69 Å². The second-order valence-electron chi connectivity index (χ2n) is 7.10. The van der Waals surface area contributed by atoms with Gasteiger partial charge in [0.15, 0.2) is 0 Å². The normalized spacial score (nSPS) is 23.7. The zero-order valence-electron chi connectivity index (χ0n) is 14.2. The van der Waals surface area contributed by atoms with Crippen LogP contribution in [0.15, 0.2) is 30.5 Å². The molecule has 0 unspecified atom stereocenters. The highest BCUT2D eigenvalue weighted by Gasteiger charge is 2.21. The molecule has 5 nitrogen and oxygen atoms in total. The number of anilines is 1. The van der Waals surface area contributed by atoms with Crippen molar-refractivity contribution in [3.63, 3.8) is 0 Å². The topological polar surface area (TPSA) is 54.8 Å². The first-order chi connectivity index (χ1) is 11.9. The van der Waals surface area contributed by atoms with Crippen LogP contribution in [0, 0.1) is 0 Å². The van der Waals surface area contributed by atoms with Crippen molar-refractivity contribution in [2.45, 2.75) is 70.1 Å². The van der Waals surface area contributed by atoms with Crippen LogP contribution in [0.3, 0.4) is 0 Å². The van der Waals surface area contributed by atoms with Gasteiger partial charge in [-0.3, -0.25) is 4.68 Å². The largest absolute Gasteiger partial charge is 0.367 e. The summed E-state index contributed by atoms with van der Waals surface area (Å²) in [6, 6.07) is 9.50. The zero-order valence-corrected chi connectivity index (χ0v) is 14.2. The number of rotatable bonds is 5. The van der Waals surface area contributed by atoms with Crippen LogP contribution in [-0.2, 0) is 19.5 Å². The van der Waals surface area contributed by atoms with Gasteiger partial charge in [-0.05, 0) is 63.1 Å². The van der Waals surface area contributed by atoms with E-state index in [1.807, 2.05) is 24.4 Å². The Labute approximate surface area is 143 Å². The first-order valence-electron chi connectivity index (χ1n) is 9.33. The SMILES string of the molecule is c1ccc(NC2CCC(NCc3cc4n(n3)CCCC4)CC2)nc1. The van der Waals surface area contributed by atoms with E-state index in [1.54, 1.807) is 0 Å². The molecule has 4 rings (SSSR count). The maximum absolute atomic E-state index is 4.74. The maximum atomic E-state index is 4.74. The lowest BCUT2D eigenvalue weighted by molar-refractivity contribution is 0.350. The lowest BCUT2D eigenvalue weighted by Gasteiger charge is -2.30. The molecule has 2 aromatic heterocycles. The number of hydrogen-bond donors (Lipinski definition) is 2. The van der Waals surface area contributed by atoms with Crippen LogP contribution in [0.5, 0.6) is 0 Å². The van der Waals surface area contributed by atoms with Gasteiger partial charge in [0.2, 0.25) is 0 Å². The van der Waals surface area contributed by atoms with E-state index in [0.29, 0.717) is 12.1 Å². The molecule has 1 saturated carbocycles. The molecular weight excluding hydrogens is 298 g/mol. The predicted octanol–water partition coefficient (Wildman–Crippen LogP) is 3.13. The first-order valence-corrected chi connectivity index (χ1v) is 9.33. The monoisotopic (exact) mass is 325 g/mol. The van der Waals surface area contributed by atoms with E-state index in [9.17, 15) is 0 Å². The summed E-state index contributed by atoms with van der Waals surface area (Å²) in [5.41, 5.74) is 2.63. The third-order valence-corrected chi connectivity index (χ3v) is 5.28. The number of nitrogens with one attached hydrogen (secondary N) is 2. The summed E-state index contributed by atoms with van der Waals surface area (Å²) in [4.78, 5) is 4.36. The Morgan fingerprint density at radius 2 is 1.96 bits per heavy atom. The second kappa shape index (κ2) is 7.34. The standard InChI is InChI=1S/C19H27N5/c1-3-11-20-19(6-1)22-16-9-7-15(8-10-16)21-14-17-13-18-5-2-4-12-24(18)23-17/h1,3,6,11,13,15-16,21H,2,4-5,7-10,12,14H2,(H,20,22). The van der Waals surface area contributed by atoms with Crippen LogP contribution in [0.1, 0.15) is 49.9 Å². The fraction of sp³-hybridized carbons (Fsp3) is 0.579. The van der Waals surface area contributed by atoms with Crippen LogP contribution in [0.4, 0.5) is 5.82 Å². The number of aromatic nitrogens is 3. The highest BCUT2D eigenvalue weighted by atomic mass is 15.3. The van der Waals surface area contributed by atoms with Crippen molar-refractivity contribution in [2.24, 2.45) is 0 Å². The van der Waals surface area contributed by atoms with E-state index in [0.717, 1.165) is 18.9 Å². The predicted molar refractivity (Wildman–Crippen MR) is 95.9 cm³/mol. The molecule has 1 aliphatic carbocycles. The van der Waals surface area contributed by atoms with Gasteiger partial charge in [-0.2, -0.15) is 5.10 Å². The Morgan fingerprint density at radius 3 is 2.75 bits per heavy atom. The Balaban J connectivity index is 1.22. The third kappa shape index (κ3) is 3.78. The summed E-state index contributed by atoms with van der Waals surface area (Å²) in [7, 11) is 0. The third-order valence-electron chi connectivity index (χ3n) is 5.28. The van der Waals surface area contributed by atoms with Crippen LogP contribution in [0.25, 0.3) is 0 Å². The van der Waals surface area contributed by atoms with Gasteiger partial charge in [0, 0.05) is 37.1 Å². The van der Waals surface area contributed by atoms with Crippen molar-refractivity contribution in [2.75, 3.05) is 5.32 Å². The molecule has 5 heteroatoms. The van der Waals surface area contributed by atoms with Gasteiger partial charge in [-0.25, -0.2) is 4.98 Å². The minimum atomic E-state index is 0.554. The number of pyridine rings is 1. The van der Waals surface area contributed by atoms with Crippen LogP contribution < -0.4 is 10.6 Å². The summed E-state index contributed by atoms with van der Waals surface area (Å²) in [5, 5.41) is 12.0. The molecule has 2 aromatic rings. The van der Waals surface area contributed by atoms with E-state index in [-0.39, 0.29) is 0 Å². The van der Waals surface area contributed by atoms with E-state index in [2.05, 4.69) is 26.4 Å². The Morgan fingerprint density at radius 1 is 1.08 bits per heavy atom. The van der Waals surface area contributed by atoms with Crippen molar-refractivity contribution in [3.05, 3.63) is 41.9 Å². The van der Waals surface area contributed by atoms with Crippen molar-refractivity contribution < 1.29 is 0 Å². The zero-order chi connectivity index (χ0) is 16.2. The molecule has 3 heterocycles. The van der Waals surface area contributed by atoms with Gasteiger partial charge in [-0.15, -0.1) is 0 Å². The van der Waals surface area contributed by atoms with E-state index < -0.39 is 0 Å². The number of nitrogens with zero attached hydrogens (tertiary/aromatic N) is 3. The number of aryl methyl sites for hydroxylation is 2. The second-order valence-corrected chi connectivity index (χ2v) is 7.10. The number of fused-ring (bicyclic) bond motifs is 1. The molecular formula is C19H27N5. The minimum absolute atomic E-state index is 0.554. The summed E-state index contributed by atoms with van der Waals surface area (Å²) < 4.78 is 2.20. The molecule has 0 amide bonds. The number of hydrogen-bond acceptors (Lipinski definition) is 4. The van der Waals surface area contributed by atoms with Crippen molar-refractivity contribution in [1.29, 1.82) is 0 Å². The smallest absolute Gasteiger partial charge is 0.126 e. The van der Waals surface area contributed by atoms with E-state index >= 15 is 0 Å². The minimum Gasteiger partial charge on any atom is -0.367 e. The molecule has 24 heavy (non-hydrogen) atoms. The molecule has 0 spiro atoms. The first kappa shape index (κ1) is 15.6. The van der Waals surface area contributed by atoms with Gasteiger partial charge < -0.3 is 10.6 Å². The molecule has 128 valence electrons. The fourth-order valence-electron chi connectivity index (χ4n) is 3.91. The maximum Gasteiger partial charge on any atom is 0.126 e. The highest BCUT2D eigenvalue weighted by Crippen LogP contribution is 2.22. The Hall–Kier alpha value is -1.88. The highest BCUT2D eigenvalue weighted by molar-refractivity contribution is 5.34. The summed E-state index contributed by atoms with van der Waals surface area (Å²) >= 11 is 0. The molecule has 0 saturated heterocycles. The molecule has 2 aliphatic rings. The summed E-state index contributed by atoms with van der Waals surface area (Å²) in [6.07, 6.45) is 10.5. The lowest BCUT2D eigenvalue weighted by atomic mass is 9.91. The van der Waals surface area contributed by atoms with Crippen molar-refractivity contribution in [1.82, 2.24) is 20.1 Å². The molecule has 0 bridgehead atoms. The molecule has 0 atom stereocenters. The van der Waals surface area contributed by atoms with Crippen LogP contribution in [0.2, 0.25) is 0 Å². The van der Waals surface area contributed by atoms with Crippen LogP contribution in [-0.4, -0.2) is 26.8 Å². The van der Waals surface area contributed by atoms with Crippen molar-refractivity contribution >= 4 is 5.82 Å². The van der Waals surface area contributed by atoms with Gasteiger partial charge >= 0.3 is 0 Å². The Kier molecular flexibility index (Phi) is 4.78. The average molecular weight is 325 g/mol. The van der Waals surface area contributed by atoms with E-state index in [4.69, 9.17) is 5.10 Å². The molecule has 1 fully saturated rings. The quantitative estimate of drug-likeness (QED) is 0.887. The fourth-order valence-corrected chi connectivity index (χ4v) is 3.91. The van der Waals surface area contributed by atoms with Gasteiger partial charge in [0.1, 0.15) is 5.82 Å². The average Bonchev–Trinajstić information content (AvgIpc) is 3.05. The lowest BCUT2D eigenvalue weighted by Crippen LogP contribution is -2.36. The van der Waals surface area contributed by atoms with Gasteiger partial charge in [-0.1, -0.05) is 6.07 Å². The molecule has 0 aromatic carbocycles. The van der Waals surface area contributed by atoms with Gasteiger partial charge in [0.25, 0.3) is 0 Å². The molecule has 0 radical (unpaired) electrons. The Bertz CT molecular complexity index is 620. The molecule has 1 aliphatic heterocycles. The van der Waals surface area contributed by atoms with E-state index in [1.165, 1.54) is 56.3 Å². The van der Waals surface area contributed by atoms with Crippen molar-refractivity contribution in [3.8, 4) is 0 Å². The summed E-state index contributed by atoms with van der Waals surface area (Å²) in [6.45, 7) is 2.00. The van der Waals surface area contributed by atoms with Crippen LogP contribution >= 0.6 is 0 Å². The molecule has 2 N–H and O–H groups in total.